The molecule has 0 aliphatic rings. The minimum absolute atomic E-state index is 1.10. The van der Waals surface area contributed by atoms with Crippen molar-refractivity contribution in [1.29, 1.82) is 0 Å². The minimum atomic E-state index is -1.21. The number of carboxylic acid groups (broad SMARTS) is 1. The molecule has 2 heteroatoms. The Kier molecular flexibility index (Phi) is 13.2. The first-order chi connectivity index (χ1) is 10.3. The summed E-state index contributed by atoms with van der Waals surface area (Å²) in [6.07, 6.45) is 13.9. The Balaban J connectivity index is 3.89. The third-order valence-electron chi connectivity index (χ3n) is 2.21. The fraction of sp³-hybridized carbons (Fsp3) is 0.316. The molecule has 1 N–H and O–H groups in total. The van der Waals surface area contributed by atoms with Crippen LogP contribution in [-0.4, -0.2) is 11.1 Å². The highest BCUT2D eigenvalue weighted by Gasteiger charge is 1.82. The van der Waals surface area contributed by atoms with Crippen LogP contribution in [0, 0.1) is 47.4 Å². The number of carboxylic acids is 1. The lowest BCUT2D eigenvalue weighted by Crippen LogP contribution is -1.85. The van der Waals surface area contributed by atoms with Crippen LogP contribution in [-0.2, 0) is 4.79 Å². The topological polar surface area (TPSA) is 37.3 Å². The fourth-order valence-electron chi connectivity index (χ4n) is 1.25. The van der Waals surface area contributed by atoms with Crippen molar-refractivity contribution in [3.63, 3.8) is 0 Å². The standard InChI is InChI=1S/C19H18O2/c1-2-3-4-5-6-7-8-9-10-11-12-13-14-15-16-17-18-19(20)21/h7-10H,2-6H2,1H3,(H,20,21). The number of unbranched alkanes of at least 4 members (excludes halogenated alkanes) is 4. The molecule has 0 rings (SSSR count). The normalized spacial score (nSPS) is 8.62. The maximum absolute atomic E-state index is 10.0. The Morgan fingerprint density at radius 3 is 2.38 bits per heavy atom. The van der Waals surface area contributed by atoms with Gasteiger partial charge in [-0.15, -0.1) is 0 Å². The molecule has 0 saturated heterocycles. The van der Waals surface area contributed by atoms with Gasteiger partial charge in [0.1, 0.15) is 0 Å². The number of aliphatic carboxylic acids is 1. The summed E-state index contributed by atoms with van der Waals surface area (Å²) >= 11 is 0. The van der Waals surface area contributed by atoms with Gasteiger partial charge >= 0.3 is 5.97 Å². The van der Waals surface area contributed by atoms with Gasteiger partial charge in [0.25, 0.3) is 0 Å². The Hall–Kier alpha value is -2.81. The van der Waals surface area contributed by atoms with Gasteiger partial charge in [-0.05, 0) is 54.4 Å². The molecule has 0 spiro atoms. The van der Waals surface area contributed by atoms with Crippen LogP contribution in [0.15, 0.2) is 24.3 Å². The van der Waals surface area contributed by atoms with E-state index >= 15 is 0 Å². The highest BCUT2D eigenvalue weighted by Crippen LogP contribution is 2.02. The first-order valence-electron chi connectivity index (χ1n) is 6.83. The first-order valence-corrected chi connectivity index (χ1v) is 6.83. The molecule has 0 bridgehead atoms. The monoisotopic (exact) mass is 278 g/mol. The summed E-state index contributed by atoms with van der Waals surface area (Å²) in [4.78, 5) is 10.0. The Morgan fingerprint density at radius 2 is 1.67 bits per heavy atom. The van der Waals surface area contributed by atoms with Crippen molar-refractivity contribution < 1.29 is 9.90 Å². The van der Waals surface area contributed by atoms with Crippen LogP contribution in [0.1, 0.15) is 39.0 Å². The smallest absolute Gasteiger partial charge is 0.382 e. The largest absolute Gasteiger partial charge is 0.472 e. The molecule has 0 radical (unpaired) electrons. The van der Waals surface area contributed by atoms with E-state index in [0.717, 1.165) is 6.42 Å². The van der Waals surface area contributed by atoms with E-state index in [1.54, 1.807) is 6.08 Å². The highest BCUT2D eigenvalue weighted by molar-refractivity contribution is 5.87. The van der Waals surface area contributed by atoms with E-state index in [4.69, 9.17) is 5.11 Å². The minimum Gasteiger partial charge on any atom is -0.472 e. The quantitative estimate of drug-likeness (QED) is 0.460. The van der Waals surface area contributed by atoms with Gasteiger partial charge in [0.2, 0.25) is 0 Å². The molecule has 0 aliphatic heterocycles. The summed E-state index contributed by atoms with van der Waals surface area (Å²) in [7, 11) is 0. The molecule has 0 fully saturated rings. The van der Waals surface area contributed by atoms with Crippen LogP contribution in [0.25, 0.3) is 0 Å². The summed E-state index contributed by atoms with van der Waals surface area (Å²) in [5, 5.41) is 8.22. The molecule has 0 unspecified atom stereocenters. The lowest BCUT2D eigenvalue weighted by Gasteiger charge is -1.92. The van der Waals surface area contributed by atoms with Crippen molar-refractivity contribution in [2.24, 2.45) is 0 Å². The van der Waals surface area contributed by atoms with Crippen LogP contribution >= 0.6 is 0 Å². The Labute approximate surface area is 127 Å². The molecule has 106 valence electrons. The Bertz CT molecular complexity index is 605. The predicted octanol–water partition coefficient (Wildman–Crippen LogP) is 3.17. The highest BCUT2D eigenvalue weighted by atomic mass is 16.4. The number of carbonyl (C=O) groups is 1. The molecule has 0 amide bonds. The second-order valence-electron chi connectivity index (χ2n) is 3.96. The summed E-state index contributed by atoms with van der Waals surface area (Å²) in [5.74, 6) is 17.8. The van der Waals surface area contributed by atoms with Gasteiger partial charge in [-0.1, -0.05) is 50.3 Å². The molecule has 2 nitrogen and oxygen atoms in total. The van der Waals surface area contributed by atoms with Gasteiger partial charge < -0.3 is 5.11 Å². The maximum atomic E-state index is 10.0. The van der Waals surface area contributed by atoms with Gasteiger partial charge in [-0.25, -0.2) is 4.79 Å². The molecule has 0 aromatic heterocycles. The average molecular weight is 278 g/mol. The first kappa shape index (κ1) is 18.2. The molecule has 0 aliphatic carbocycles. The summed E-state index contributed by atoms with van der Waals surface area (Å²) < 4.78 is 0. The van der Waals surface area contributed by atoms with E-state index in [1.165, 1.54) is 25.7 Å². The molecule has 0 aromatic rings. The van der Waals surface area contributed by atoms with E-state index in [9.17, 15) is 4.79 Å². The number of allylic oxidation sites excluding steroid dienone is 4. The van der Waals surface area contributed by atoms with E-state index in [1.807, 2.05) is 18.1 Å². The summed E-state index contributed by atoms with van der Waals surface area (Å²) in [6.45, 7) is 2.20. The van der Waals surface area contributed by atoms with Crippen molar-refractivity contribution in [2.75, 3.05) is 0 Å². The maximum Gasteiger partial charge on any atom is 0.382 e. The van der Waals surface area contributed by atoms with Crippen LogP contribution in [0.5, 0.6) is 0 Å². The number of hydrogen-bond acceptors (Lipinski definition) is 1. The third kappa shape index (κ3) is 17.2. The van der Waals surface area contributed by atoms with Crippen LogP contribution in [0.3, 0.4) is 0 Å². The zero-order valence-electron chi connectivity index (χ0n) is 12.2. The Morgan fingerprint density at radius 1 is 0.952 bits per heavy atom. The van der Waals surface area contributed by atoms with Crippen molar-refractivity contribution >= 4 is 5.97 Å². The molecule has 0 atom stereocenters. The molecule has 0 saturated carbocycles. The zero-order valence-corrected chi connectivity index (χ0v) is 12.2. The molecule has 0 aromatic carbocycles. The zero-order chi connectivity index (χ0) is 15.6. The molecule has 0 heterocycles. The second kappa shape index (κ2) is 15.2. The average Bonchev–Trinajstić information content (AvgIpc) is 2.46. The van der Waals surface area contributed by atoms with Crippen molar-refractivity contribution in [2.45, 2.75) is 39.0 Å². The van der Waals surface area contributed by atoms with E-state index < -0.39 is 5.97 Å². The third-order valence-corrected chi connectivity index (χ3v) is 2.21. The van der Waals surface area contributed by atoms with Gasteiger partial charge in [0.15, 0.2) is 0 Å². The van der Waals surface area contributed by atoms with E-state index in [2.05, 4.69) is 54.4 Å². The van der Waals surface area contributed by atoms with Crippen molar-refractivity contribution in [1.82, 2.24) is 0 Å². The second-order valence-corrected chi connectivity index (χ2v) is 3.96. The van der Waals surface area contributed by atoms with E-state index in [-0.39, 0.29) is 0 Å². The van der Waals surface area contributed by atoms with Gasteiger partial charge in [-0.3, -0.25) is 0 Å². The van der Waals surface area contributed by atoms with Gasteiger partial charge in [0.05, 0.1) is 0 Å². The SMILES string of the molecule is CCCCCCC=CC=CC#CC#CC#CC#CC(=O)O. The lowest BCUT2D eigenvalue weighted by atomic mass is 10.1. The molecular weight excluding hydrogens is 260 g/mol. The molecular formula is C19H18O2. The number of hydrogen-bond donors (Lipinski definition) is 1. The summed E-state index contributed by atoms with van der Waals surface area (Å²) in [5.41, 5.74) is 0. The fourth-order valence-corrected chi connectivity index (χ4v) is 1.25. The molecule has 21 heavy (non-hydrogen) atoms. The lowest BCUT2D eigenvalue weighted by molar-refractivity contribution is -0.130. The van der Waals surface area contributed by atoms with Gasteiger partial charge in [0, 0.05) is 5.92 Å². The van der Waals surface area contributed by atoms with Crippen molar-refractivity contribution in [3.05, 3.63) is 24.3 Å². The van der Waals surface area contributed by atoms with Crippen LogP contribution in [0.4, 0.5) is 0 Å². The van der Waals surface area contributed by atoms with E-state index in [0.29, 0.717) is 0 Å². The summed E-state index contributed by atoms with van der Waals surface area (Å²) in [6, 6.07) is 0. The predicted molar refractivity (Wildman–Crippen MR) is 85.8 cm³/mol. The van der Waals surface area contributed by atoms with Gasteiger partial charge in [-0.2, -0.15) is 0 Å². The number of rotatable bonds is 6. The van der Waals surface area contributed by atoms with Crippen LogP contribution in [0.2, 0.25) is 0 Å². The van der Waals surface area contributed by atoms with Crippen LogP contribution < -0.4 is 0 Å². The van der Waals surface area contributed by atoms with Crippen molar-refractivity contribution in [3.8, 4) is 47.4 Å².